The number of amides is 2. The third-order valence-electron chi connectivity index (χ3n) is 5.77. The summed E-state index contributed by atoms with van der Waals surface area (Å²) in [6.07, 6.45) is 0. The molecule has 33 heavy (non-hydrogen) atoms. The second kappa shape index (κ2) is 7.86. The highest BCUT2D eigenvalue weighted by atomic mass is 16.6. The van der Waals surface area contributed by atoms with Crippen LogP contribution in [-0.4, -0.2) is 35.6 Å². The molecule has 3 aromatic rings. The normalized spacial score (nSPS) is 19.5. The molecular weight excluding hydrogens is 424 g/mol. The van der Waals surface area contributed by atoms with Crippen LogP contribution < -0.4 is 14.6 Å². The molecule has 9 nitrogen and oxygen atoms in total. The van der Waals surface area contributed by atoms with Crippen LogP contribution in [0.1, 0.15) is 5.56 Å². The van der Waals surface area contributed by atoms with Crippen LogP contribution in [0.2, 0.25) is 0 Å². The van der Waals surface area contributed by atoms with Gasteiger partial charge in [-0.1, -0.05) is 18.2 Å². The van der Waals surface area contributed by atoms with Crippen LogP contribution >= 0.6 is 0 Å². The third kappa shape index (κ3) is 3.30. The number of benzene rings is 3. The molecule has 2 heterocycles. The van der Waals surface area contributed by atoms with Crippen molar-refractivity contribution >= 4 is 34.6 Å². The van der Waals surface area contributed by atoms with Crippen LogP contribution in [0.4, 0.5) is 17.1 Å². The van der Waals surface area contributed by atoms with Gasteiger partial charge in [-0.15, -0.1) is 0 Å². The first-order chi connectivity index (χ1) is 16.0. The van der Waals surface area contributed by atoms with Crippen LogP contribution in [-0.2, 0) is 9.59 Å². The number of anilines is 2. The summed E-state index contributed by atoms with van der Waals surface area (Å²) in [7, 11) is 1.54. The average molecular weight is 442 g/mol. The van der Waals surface area contributed by atoms with E-state index in [1.165, 1.54) is 24.1 Å². The van der Waals surface area contributed by atoms with Crippen molar-refractivity contribution in [3.63, 3.8) is 0 Å². The van der Waals surface area contributed by atoms with Crippen molar-refractivity contribution in [3.05, 3.63) is 94.5 Å². The van der Waals surface area contributed by atoms with Gasteiger partial charge in [0, 0.05) is 12.1 Å². The quantitative estimate of drug-likeness (QED) is 0.341. The number of nitro benzene ring substituents is 1. The molecule has 0 radical (unpaired) electrons. The number of rotatable bonds is 5. The molecule has 9 heteroatoms. The predicted octanol–water partition coefficient (Wildman–Crippen LogP) is 3.39. The molecule has 1 saturated heterocycles. The van der Waals surface area contributed by atoms with Gasteiger partial charge in [-0.3, -0.25) is 24.7 Å². The van der Waals surface area contributed by atoms with Crippen LogP contribution in [0, 0.1) is 16.0 Å². The molecule has 0 spiro atoms. The highest BCUT2D eigenvalue weighted by Gasteiger charge is 2.57. The van der Waals surface area contributed by atoms with Gasteiger partial charge in [0.15, 0.2) is 0 Å². The molecule has 1 fully saturated rings. The number of imide groups is 1. The van der Waals surface area contributed by atoms with Gasteiger partial charge in [-0.2, -0.15) is 5.10 Å². The maximum atomic E-state index is 13.5. The second-order valence-corrected chi connectivity index (χ2v) is 7.60. The predicted molar refractivity (Wildman–Crippen MR) is 121 cm³/mol. The van der Waals surface area contributed by atoms with E-state index in [0.29, 0.717) is 28.4 Å². The lowest BCUT2D eigenvalue weighted by atomic mass is 9.92. The van der Waals surface area contributed by atoms with E-state index in [9.17, 15) is 19.7 Å². The molecule has 0 unspecified atom stereocenters. The summed E-state index contributed by atoms with van der Waals surface area (Å²) in [6.45, 7) is 0. The number of hydrogen-bond donors (Lipinski definition) is 0. The first-order valence-corrected chi connectivity index (χ1v) is 10.2. The number of carbonyl (C=O) groups excluding carboxylic acids is 2. The molecule has 0 saturated carbocycles. The van der Waals surface area contributed by atoms with E-state index in [4.69, 9.17) is 4.74 Å². The van der Waals surface area contributed by atoms with E-state index in [2.05, 4.69) is 5.10 Å². The van der Waals surface area contributed by atoms with Gasteiger partial charge in [0.25, 0.3) is 11.6 Å². The van der Waals surface area contributed by atoms with Crippen molar-refractivity contribution in [2.24, 2.45) is 11.0 Å². The largest absolute Gasteiger partial charge is 0.497 e. The van der Waals surface area contributed by atoms with Crippen molar-refractivity contribution in [1.29, 1.82) is 0 Å². The number of carbonyl (C=O) groups is 2. The maximum absolute atomic E-state index is 13.5. The highest BCUT2D eigenvalue weighted by molar-refractivity contribution is 6.34. The number of methoxy groups -OCH3 is 1. The Morgan fingerprint density at radius 1 is 0.879 bits per heavy atom. The maximum Gasteiger partial charge on any atom is 0.269 e. The molecule has 164 valence electrons. The fraction of sp³-hybridized carbons (Fsp3) is 0.125. The van der Waals surface area contributed by atoms with Crippen molar-refractivity contribution in [2.75, 3.05) is 17.0 Å². The zero-order valence-electron chi connectivity index (χ0n) is 17.5. The number of para-hydroxylation sites is 1. The fourth-order valence-electron chi connectivity index (χ4n) is 4.19. The minimum Gasteiger partial charge on any atom is -0.497 e. The molecule has 0 aromatic heterocycles. The van der Waals surface area contributed by atoms with Crippen molar-refractivity contribution in [3.8, 4) is 5.75 Å². The Kier molecular flexibility index (Phi) is 4.86. The summed E-state index contributed by atoms with van der Waals surface area (Å²) >= 11 is 0. The Labute approximate surface area is 188 Å². The molecule has 5 rings (SSSR count). The van der Waals surface area contributed by atoms with Crippen LogP contribution in [0.5, 0.6) is 5.75 Å². The third-order valence-corrected chi connectivity index (χ3v) is 5.77. The lowest BCUT2D eigenvalue weighted by Crippen LogP contribution is -2.39. The molecule has 2 aliphatic rings. The molecule has 0 bridgehead atoms. The minimum absolute atomic E-state index is 0.0671. The van der Waals surface area contributed by atoms with Gasteiger partial charge in [-0.25, -0.2) is 4.90 Å². The molecule has 0 aliphatic carbocycles. The van der Waals surface area contributed by atoms with Gasteiger partial charge in [0.1, 0.15) is 17.7 Å². The summed E-state index contributed by atoms with van der Waals surface area (Å²) in [5, 5.41) is 17.2. The Bertz CT molecular complexity index is 1270. The zero-order chi connectivity index (χ0) is 23.1. The second-order valence-electron chi connectivity index (χ2n) is 7.60. The van der Waals surface area contributed by atoms with Gasteiger partial charge in [0.2, 0.25) is 5.91 Å². The van der Waals surface area contributed by atoms with E-state index >= 15 is 0 Å². The number of hydrogen-bond acceptors (Lipinski definition) is 7. The van der Waals surface area contributed by atoms with E-state index in [1.807, 2.05) is 30.3 Å². The first kappa shape index (κ1) is 20.4. The summed E-state index contributed by atoms with van der Waals surface area (Å²) in [4.78, 5) is 38.8. The number of nitrogens with zero attached hydrogens (tertiary/aromatic N) is 4. The molecule has 3 aromatic carbocycles. The number of non-ortho nitro benzene ring substituents is 1. The highest BCUT2D eigenvalue weighted by Crippen LogP contribution is 2.39. The van der Waals surface area contributed by atoms with Crippen molar-refractivity contribution in [1.82, 2.24) is 0 Å². The monoisotopic (exact) mass is 442 g/mol. The Balaban J connectivity index is 1.59. The Morgan fingerprint density at radius 3 is 2.15 bits per heavy atom. The van der Waals surface area contributed by atoms with E-state index < -0.39 is 22.8 Å². The van der Waals surface area contributed by atoms with Gasteiger partial charge in [0.05, 0.1) is 29.1 Å². The number of fused-ring (bicyclic) bond motifs is 1. The van der Waals surface area contributed by atoms with Gasteiger partial charge >= 0.3 is 0 Å². The lowest BCUT2D eigenvalue weighted by molar-refractivity contribution is -0.384. The number of nitro groups is 1. The molecule has 2 amide bonds. The summed E-state index contributed by atoms with van der Waals surface area (Å²) in [5.41, 5.74) is 1.99. The summed E-state index contributed by atoms with van der Waals surface area (Å²) in [6, 6.07) is 20.8. The molecule has 2 atom stereocenters. The topological polar surface area (TPSA) is 105 Å². The van der Waals surface area contributed by atoms with E-state index in [0.717, 1.165) is 0 Å². The fourth-order valence-corrected chi connectivity index (χ4v) is 4.19. The first-order valence-electron chi connectivity index (χ1n) is 10.2. The van der Waals surface area contributed by atoms with Crippen LogP contribution in [0.25, 0.3) is 0 Å². The summed E-state index contributed by atoms with van der Waals surface area (Å²) < 4.78 is 5.17. The smallest absolute Gasteiger partial charge is 0.269 e. The van der Waals surface area contributed by atoms with Gasteiger partial charge < -0.3 is 4.74 Å². The average Bonchev–Trinajstić information content (AvgIpc) is 3.36. The molecule has 0 N–H and O–H groups in total. The number of ether oxygens (including phenoxy) is 1. The molecular formula is C24H18N4O5. The molecule has 2 aliphatic heterocycles. The standard InChI is InChI=1S/C24H18N4O5/c1-33-19-13-11-16(12-14-19)26-23(29)20-21(15-7-9-18(10-8-15)28(31)32)25-27(22(20)24(26)30)17-5-3-2-4-6-17/h2-14,20,22H,1H3/t20-,22+/m1/s1. The van der Waals surface area contributed by atoms with E-state index in [-0.39, 0.29) is 11.6 Å². The zero-order valence-corrected chi connectivity index (χ0v) is 17.5. The van der Waals surface area contributed by atoms with Gasteiger partial charge in [-0.05, 0) is 54.1 Å². The lowest BCUT2D eigenvalue weighted by Gasteiger charge is -2.22. The minimum atomic E-state index is -0.854. The van der Waals surface area contributed by atoms with Crippen molar-refractivity contribution in [2.45, 2.75) is 6.04 Å². The van der Waals surface area contributed by atoms with Crippen LogP contribution in [0.15, 0.2) is 84.0 Å². The number of hydrazone groups is 1. The Hall–Kier alpha value is -4.53. The summed E-state index contributed by atoms with van der Waals surface area (Å²) in [5.74, 6) is -1.02. The Morgan fingerprint density at radius 2 is 1.55 bits per heavy atom. The van der Waals surface area contributed by atoms with E-state index in [1.54, 1.807) is 41.4 Å². The van der Waals surface area contributed by atoms with Crippen molar-refractivity contribution < 1.29 is 19.2 Å². The van der Waals surface area contributed by atoms with Crippen LogP contribution in [0.3, 0.4) is 0 Å². The SMILES string of the molecule is COc1ccc(N2C(=O)[C@@H]3C(c4ccc([N+](=O)[O-])cc4)=NN(c4ccccc4)[C@@H]3C2=O)cc1.